The van der Waals surface area contributed by atoms with Gasteiger partial charge in [0, 0.05) is 0 Å². The Bertz CT molecular complexity index is 369. The minimum Gasteiger partial charge on any atom is -0.481 e. The molecule has 0 radical (unpaired) electrons. The van der Waals surface area contributed by atoms with Gasteiger partial charge in [-0.1, -0.05) is 0 Å². The zero-order valence-electron chi connectivity index (χ0n) is 8.07. The van der Waals surface area contributed by atoms with E-state index in [-0.39, 0.29) is 0 Å². The molecule has 0 bridgehead atoms. The molecule has 0 aromatic rings. The monoisotopic (exact) mass is 274 g/mol. The van der Waals surface area contributed by atoms with E-state index in [2.05, 4.69) is 4.52 Å². The van der Waals surface area contributed by atoms with Crippen molar-refractivity contribution < 1.29 is 47.9 Å². The first-order valence-electron chi connectivity index (χ1n) is 3.89. The Hall–Kier alpha value is -1.51. The average Bonchev–Trinajstić information content (AvgIpc) is 1.96. The van der Waals surface area contributed by atoms with Crippen molar-refractivity contribution >= 4 is 25.8 Å². The Kier molecular flexibility index (Phi) is 4.75. The highest BCUT2D eigenvalue weighted by atomic mass is 31.2. The highest BCUT2D eigenvalue weighted by molar-refractivity contribution is 7.47. The summed E-state index contributed by atoms with van der Waals surface area (Å²) in [6.45, 7) is 0. The van der Waals surface area contributed by atoms with Crippen LogP contribution in [-0.4, -0.2) is 43.7 Å². The molecule has 0 aliphatic heterocycles. The van der Waals surface area contributed by atoms with Crippen LogP contribution in [0.4, 0.5) is 4.20 Å². The maximum atomic E-state index is 12.4. The predicted molar refractivity (Wildman–Crippen MR) is 46.9 cm³/mol. The quantitative estimate of drug-likeness (QED) is 0.463. The van der Waals surface area contributed by atoms with Crippen LogP contribution in [0.3, 0.4) is 0 Å². The molecule has 0 aliphatic carbocycles. The summed E-state index contributed by atoms with van der Waals surface area (Å²) >= 11 is 0. The second kappa shape index (κ2) is 5.21. The fourth-order valence-corrected chi connectivity index (χ4v) is 1.66. The van der Waals surface area contributed by atoms with Gasteiger partial charge < -0.3 is 15.3 Å². The van der Waals surface area contributed by atoms with Gasteiger partial charge in [0.15, 0.2) is 5.60 Å². The van der Waals surface area contributed by atoms with E-state index in [0.717, 1.165) is 0 Å². The number of rotatable bonds is 7. The molecule has 98 valence electrons. The van der Waals surface area contributed by atoms with Gasteiger partial charge in [0.05, 0.1) is 12.8 Å². The molecule has 0 fully saturated rings. The maximum Gasteiger partial charge on any atom is 0.511 e. The minimum absolute atomic E-state index is 1.48. The molecule has 0 saturated heterocycles. The van der Waals surface area contributed by atoms with Crippen molar-refractivity contribution in [1.29, 1.82) is 0 Å². The molecule has 1 unspecified atom stereocenters. The standard InChI is InChI=1S/C6H8FO9P/c7-17(14,15)16-6(5(12)13,1-3(8)9)2-4(10)11/h1-2H2,(H,8,9)(H,10,11)(H,12,13)(H,14,15). The van der Waals surface area contributed by atoms with Gasteiger partial charge in [-0.3, -0.25) is 19.0 Å². The lowest BCUT2D eigenvalue weighted by Crippen LogP contribution is -2.44. The lowest BCUT2D eigenvalue weighted by Gasteiger charge is -2.25. The van der Waals surface area contributed by atoms with Gasteiger partial charge >= 0.3 is 25.8 Å². The van der Waals surface area contributed by atoms with Gasteiger partial charge in [-0.05, 0) is 0 Å². The van der Waals surface area contributed by atoms with Crippen molar-refractivity contribution in [1.82, 2.24) is 0 Å². The van der Waals surface area contributed by atoms with E-state index in [9.17, 15) is 23.1 Å². The molecule has 1 atom stereocenters. The van der Waals surface area contributed by atoms with Gasteiger partial charge in [0.2, 0.25) is 0 Å². The van der Waals surface area contributed by atoms with Crippen molar-refractivity contribution in [3.8, 4) is 0 Å². The van der Waals surface area contributed by atoms with Crippen molar-refractivity contribution in [2.24, 2.45) is 0 Å². The number of carboxylic acid groups (broad SMARTS) is 3. The zero-order chi connectivity index (χ0) is 13.9. The molecule has 0 spiro atoms. The molecule has 0 aromatic carbocycles. The third-order valence-corrected chi connectivity index (χ3v) is 2.13. The Morgan fingerprint density at radius 1 is 1.12 bits per heavy atom. The first-order chi connectivity index (χ1) is 7.48. The maximum absolute atomic E-state index is 12.4. The van der Waals surface area contributed by atoms with Crippen LogP contribution in [0.5, 0.6) is 0 Å². The van der Waals surface area contributed by atoms with E-state index in [1.54, 1.807) is 0 Å². The van der Waals surface area contributed by atoms with Gasteiger partial charge in [0.25, 0.3) is 0 Å². The van der Waals surface area contributed by atoms with Crippen LogP contribution < -0.4 is 0 Å². The van der Waals surface area contributed by atoms with Crippen molar-refractivity contribution in [2.45, 2.75) is 18.4 Å². The topological polar surface area (TPSA) is 158 Å². The molecular weight excluding hydrogens is 266 g/mol. The van der Waals surface area contributed by atoms with Crippen LogP contribution in [0.15, 0.2) is 0 Å². The zero-order valence-corrected chi connectivity index (χ0v) is 8.96. The van der Waals surface area contributed by atoms with Crippen molar-refractivity contribution in [3.63, 3.8) is 0 Å². The molecule has 4 N–H and O–H groups in total. The van der Waals surface area contributed by atoms with Crippen molar-refractivity contribution in [3.05, 3.63) is 0 Å². The Labute approximate surface area is 93.1 Å². The first kappa shape index (κ1) is 15.5. The molecule has 17 heavy (non-hydrogen) atoms. The summed E-state index contributed by atoms with van der Waals surface area (Å²) in [5, 5.41) is 25.4. The molecular formula is C6H8FO9P. The smallest absolute Gasteiger partial charge is 0.481 e. The van der Waals surface area contributed by atoms with Gasteiger partial charge in [-0.2, -0.15) is 0 Å². The summed E-state index contributed by atoms with van der Waals surface area (Å²) in [6, 6.07) is 0. The summed E-state index contributed by atoms with van der Waals surface area (Å²) in [5.41, 5.74) is -3.14. The third-order valence-electron chi connectivity index (χ3n) is 1.55. The molecule has 0 amide bonds. The molecule has 0 rings (SSSR count). The van der Waals surface area contributed by atoms with Gasteiger partial charge in [-0.15, -0.1) is 4.20 Å². The van der Waals surface area contributed by atoms with Gasteiger partial charge in [0.1, 0.15) is 0 Å². The van der Waals surface area contributed by atoms with E-state index >= 15 is 0 Å². The summed E-state index contributed by atoms with van der Waals surface area (Å²) < 4.78 is 26.3. The average molecular weight is 274 g/mol. The normalized spacial score (nSPS) is 14.9. The Morgan fingerprint density at radius 3 is 1.65 bits per heavy atom. The van der Waals surface area contributed by atoms with Gasteiger partial charge in [-0.25, -0.2) is 9.36 Å². The number of hydrogen-bond acceptors (Lipinski definition) is 5. The number of carbonyl (C=O) groups is 3. The summed E-state index contributed by atoms with van der Waals surface area (Å²) in [7, 11) is -5.86. The van der Waals surface area contributed by atoms with Crippen LogP contribution in [0.25, 0.3) is 0 Å². The summed E-state index contributed by atoms with van der Waals surface area (Å²) in [5.74, 6) is -5.83. The highest BCUT2D eigenvalue weighted by Gasteiger charge is 2.49. The van der Waals surface area contributed by atoms with E-state index < -0.39 is 44.3 Å². The fourth-order valence-electron chi connectivity index (χ4n) is 1.02. The summed E-state index contributed by atoms with van der Waals surface area (Å²) in [4.78, 5) is 39.7. The molecule has 0 heterocycles. The lowest BCUT2D eigenvalue weighted by atomic mass is 9.96. The number of carboxylic acids is 3. The number of halogens is 1. The van der Waals surface area contributed by atoms with Crippen LogP contribution in [0, 0.1) is 0 Å². The Morgan fingerprint density at radius 2 is 1.47 bits per heavy atom. The van der Waals surface area contributed by atoms with Crippen molar-refractivity contribution in [2.75, 3.05) is 0 Å². The number of hydrogen-bond donors (Lipinski definition) is 4. The SMILES string of the molecule is O=C(O)CC(CC(=O)O)(OP(=O)(O)F)C(=O)O. The molecule has 0 aromatic heterocycles. The van der Waals surface area contributed by atoms with Crippen LogP contribution in [-0.2, 0) is 23.5 Å². The van der Waals surface area contributed by atoms with Crippen LogP contribution >= 0.6 is 7.91 Å². The Balaban J connectivity index is 5.38. The van der Waals surface area contributed by atoms with E-state index in [4.69, 9.17) is 20.2 Å². The second-order valence-corrected chi connectivity index (χ2v) is 4.07. The van der Waals surface area contributed by atoms with E-state index in [1.807, 2.05) is 0 Å². The highest BCUT2D eigenvalue weighted by Crippen LogP contribution is 2.49. The fraction of sp³-hybridized carbons (Fsp3) is 0.500. The predicted octanol–water partition coefficient (Wildman–Crippen LogP) is -0.154. The lowest BCUT2D eigenvalue weighted by molar-refractivity contribution is -0.168. The van der Waals surface area contributed by atoms with E-state index in [0.29, 0.717) is 0 Å². The molecule has 11 heteroatoms. The molecule has 0 aliphatic rings. The molecule has 9 nitrogen and oxygen atoms in total. The second-order valence-electron chi connectivity index (χ2n) is 2.98. The molecule has 0 saturated carbocycles. The van der Waals surface area contributed by atoms with E-state index in [1.165, 1.54) is 0 Å². The largest absolute Gasteiger partial charge is 0.511 e. The number of aliphatic carboxylic acids is 3. The first-order valence-corrected chi connectivity index (χ1v) is 5.35. The summed E-state index contributed by atoms with van der Waals surface area (Å²) in [6.07, 6.45) is -2.97. The van der Waals surface area contributed by atoms with Crippen LogP contribution in [0.1, 0.15) is 12.8 Å². The van der Waals surface area contributed by atoms with Crippen LogP contribution in [0.2, 0.25) is 0 Å². The minimum atomic E-state index is -5.86. The third kappa shape index (κ3) is 5.38.